The Balaban J connectivity index is 2.59. The molecule has 0 aromatic heterocycles. The van der Waals surface area contributed by atoms with E-state index in [0.717, 1.165) is 0 Å². The molecule has 0 aliphatic rings. The van der Waals surface area contributed by atoms with Crippen LogP contribution in [0.15, 0.2) is 36.4 Å². The maximum absolute atomic E-state index is 12.1. The van der Waals surface area contributed by atoms with Crippen LogP contribution in [0.5, 0.6) is 17.2 Å². The minimum absolute atomic E-state index is 0.00784. The molecule has 0 amide bonds. The van der Waals surface area contributed by atoms with Gasteiger partial charge in [-0.3, -0.25) is 4.79 Å². The van der Waals surface area contributed by atoms with E-state index in [1.165, 1.54) is 36.4 Å². The molecule has 0 aliphatic heterocycles. The van der Waals surface area contributed by atoms with Crippen molar-refractivity contribution in [3.63, 3.8) is 0 Å². The Kier molecular flexibility index (Phi) is 3.12. The summed E-state index contributed by atoms with van der Waals surface area (Å²) in [7, 11) is 0. The summed E-state index contributed by atoms with van der Waals surface area (Å²) in [6.45, 7) is 0. The topological polar surface area (TPSA) is 77.8 Å². The summed E-state index contributed by atoms with van der Waals surface area (Å²) in [6.07, 6.45) is 0. The summed E-state index contributed by atoms with van der Waals surface area (Å²) >= 11 is 5.81. The molecule has 4 nitrogen and oxygen atoms in total. The summed E-state index contributed by atoms with van der Waals surface area (Å²) in [5, 5.41) is 28.5. The van der Waals surface area contributed by atoms with Gasteiger partial charge in [0.2, 0.25) is 5.78 Å². The predicted molar refractivity (Wildman–Crippen MR) is 66.3 cm³/mol. The fourth-order valence-corrected chi connectivity index (χ4v) is 1.80. The third kappa shape index (κ3) is 1.98. The van der Waals surface area contributed by atoms with Gasteiger partial charge in [-0.2, -0.15) is 0 Å². The zero-order valence-electron chi connectivity index (χ0n) is 9.09. The van der Waals surface area contributed by atoms with Crippen LogP contribution in [-0.2, 0) is 0 Å². The van der Waals surface area contributed by atoms with Gasteiger partial charge in [-0.1, -0.05) is 23.7 Å². The van der Waals surface area contributed by atoms with Crippen LogP contribution in [0.25, 0.3) is 0 Å². The fraction of sp³-hybridized carbons (Fsp3) is 0. The lowest BCUT2D eigenvalue weighted by molar-refractivity contribution is 0.103. The molecular weight excluding hydrogens is 256 g/mol. The largest absolute Gasteiger partial charge is 0.507 e. The van der Waals surface area contributed by atoms with Gasteiger partial charge in [0.05, 0.1) is 5.02 Å². The molecule has 0 atom stereocenters. The molecule has 18 heavy (non-hydrogen) atoms. The number of ketones is 1. The molecular formula is C13H9ClO4. The highest BCUT2D eigenvalue weighted by molar-refractivity contribution is 6.36. The second-order valence-electron chi connectivity index (χ2n) is 3.64. The van der Waals surface area contributed by atoms with Gasteiger partial charge in [-0.15, -0.1) is 0 Å². The maximum Gasteiger partial charge on any atom is 0.202 e. The summed E-state index contributed by atoms with van der Waals surface area (Å²) < 4.78 is 0. The molecule has 0 fully saturated rings. The van der Waals surface area contributed by atoms with Gasteiger partial charge in [0.25, 0.3) is 0 Å². The van der Waals surface area contributed by atoms with E-state index in [2.05, 4.69) is 0 Å². The number of phenols is 3. The molecule has 2 aromatic rings. The first-order valence-electron chi connectivity index (χ1n) is 5.05. The van der Waals surface area contributed by atoms with Crippen LogP contribution in [0.3, 0.4) is 0 Å². The average molecular weight is 265 g/mol. The fourth-order valence-electron chi connectivity index (χ4n) is 1.59. The normalized spacial score (nSPS) is 10.3. The zero-order chi connectivity index (χ0) is 13.3. The van der Waals surface area contributed by atoms with Gasteiger partial charge in [-0.25, -0.2) is 0 Å². The van der Waals surface area contributed by atoms with Crippen LogP contribution in [0.4, 0.5) is 0 Å². The van der Waals surface area contributed by atoms with Crippen molar-refractivity contribution in [2.45, 2.75) is 0 Å². The predicted octanol–water partition coefficient (Wildman–Crippen LogP) is 2.69. The number of benzene rings is 2. The van der Waals surface area contributed by atoms with E-state index in [0.29, 0.717) is 0 Å². The van der Waals surface area contributed by atoms with Crippen molar-refractivity contribution in [1.29, 1.82) is 0 Å². The summed E-state index contributed by atoms with van der Waals surface area (Å²) in [4.78, 5) is 12.1. The Bertz CT molecular complexity index is 602. The Morgan fingerprint density at radius 2 is 1.39 bits per heavy atom. The number of carbonyl (C=O) groups is 1. The molecule has 0 saturated carbocycles. The summed E-state index contributed by atoms with van der Waals surface area (Å²) in [6, 6.07) is 8.16. The Morgan fingerprint density at radius 1 is 0.889 bits per heavy atom. The van der Waals surface area contributed by atoms with E-state index >= 15 is 0 Å². The molecule has 0 unspecified atom stereocenters. The van der Waals surface area contributed by atoms with Crippen LogP contribution >= 0.6 is 11.6 Å². The molecule has 0 saturated heterocycles. The van der Waals surface area contributed by atoms with Crippen molar-refractivity contribution in [3.8, 4) is 17.2 Å². The van der Waals surface area contributed by atoms with Crippen molar-refractivity contribution in [3.05, 3.63) is 52.5 Å². The third-order valence-corrected chi connectivity index (χ3v) is 2.87. The molecule has 0 bridgehead atoms. The quantitative estimate of drug-likeness (QED) is 0.729. The molecule has 2 aromatic carbocycles. The monoisotopic (exact) mass is 264 g/mol. The van der Waals surface area contributed by atoms with Crippen molar-refractivity contribution in [2.75, 3.05) is 0 Å². The van der Waals surface area contributed by atoms with Gasteiger partial charge in [0, 0.05) is 5.56 Å². The number of aromatic hydroxyl groups is 3. The van der Waals surface area contributed by atoms with Crippen molar-refractivity contribution in [2.24, 2.45) is 0 Å². The van der Waals surface area contributed by atoms with E-state index in [4.69, 9.17) is 11.6 Å². The van der Waals surface area contributed by atoms with Crippen LogP contribution in [0.1, 0.15) is 15.9 Å². The van der Waals surface area contributed by atoms with Crippen molar-refractivity contribution < 1.29 is 20.1 Å². The summed E-state index contributed by atoms with van der Waals surface area (Å²) in [5.74, 6) is -1.59. The molecule has 0 aliphatic carbocycles. The maximum atomic E-state index is 12.1. The third-order valence-electron chi connectivity index (χ3n) is 2.47. The van der Waals surface area contributed by atoms with Gasteiger partial charge >= 0.3 is 0 Å². The Labute approximate surface area is 108 Å². The van der Waals surface area contributed by atoms with E-state index in [-0.39, 0.29) is 33.4 Å². The number of hydrogen-bond donors (Lipinski definition) is 3. The van der Waals surface area contributed by atoms with Crippen LogP contribution < -0.4 is 0 Å². The van der Waals surface area contributed by atoms with E-state index in [1.807, 2.05) is 0 Å². The van der Waals surface area contributed by atoms with E-state index in [1.54, 1.807) is 0 Å². The van der Waals surface area contributed by atoms with Crippen LogP contribution in [-0.4, -0.2) is 21.1 Å². The lowest BCUT2D eigenvalue weighted by Gasteiger charge is -2.08. The highest BCUT2D eigenvalue weighted by atomic mass is 35.5. The minimum atomic E-state index is -0.661. The standard InChI is InChI=1S/C13H9ClO4/c14-12-7(3-1-6-10(12)17)13(18)11-8(15)4-2-5-9(11)16/h1-6,15-17H. The molecule has 3 N–H and O–H groups in total. The highest BCUT2D eigenvalue weighted by Gasteiger charge is 2.21. The van der Waals surface area contributed by atoms with Gasteiger partial charge in [0.1, 0.15) is 22.8 Å². The number of rotatable bonds is 2. The van der Waals surface area contributed by atoms with Gasteiger partial charge < -0.3 is 15.3 Å². The number of halogens is 1. The van der Waals surface area contributed by atoms with Crippen molar-refractivity contribution in [1.82, 2.24) is 0 Å². The Hall–Kier alpha value is -2.20. The first-order chi connectivity index (χ1) is 8.52. The molecule has 2 rings (SSSR count). The first-order valence-corrected chi connectivity index (χ1v) is 5.43. The number of hydrogen-bond acceptors (Lipinski definition) is 4. The highest BCUT2D eigenvalue weighted by Crippen LogP contribution is 2.33. The molecule has 92 valence electrons. The lowest BCUT2D eigenvalue weighted by Crippen LogP contribution is -2.03. The smallest absolute Gasteiger partial charge is 0.202 e. The second-order valence-corrected chi connectivity index (χ2v) is 4.02. The van der Waals surface area contributed by atoms with Crippen LogP contribution in [0, 0.1) is 0 Å². The first kappa shape index (κ1) is 12.3. The van der Waals surface area contributed by atoms with E-state index in [9.17, 15) is 20.1 Å². The molecule has 0 spiro atoms. The number of phenolic OH excluding ortho intramolecular Hbond substituents is 3. The molecule has 0 radical (unpaired) electrons. The Morgan fingerprint density at radius 3 is 2.00 bits per heavy atom. The zero-order valence-corrected chi connectivity index (χ0v) is 9.85. The summed E-state index contributed by atoms with van der Waals surface area (Å²) in [5.41, 5.74) is -0.238. The second kappa shape index (κ2) is 4.58. The van der Waals surface area contributed by atoms with E-state index < -0.39 is 5.78 Å². The minimum Gasteiger partial charge on any atom is -0.507 e. The SMILES string of the molecule is O=C(c1cccc(O)c1Cl)c1c(O)cccc1O. The van der Waals surface area contributed by atoms with Gasteiger partial charge in [0.15, 0.2) is 0 Å². The lowest BCUT2D eigenvalue weighted by atomic mass is 10.0. The molecule has 5 heteroatoms. The number of carbonyl (C=O) groups excluding carboxylic acids is 1. The molecule has 0 heterocycles. The van der Waals surface area contributed by atoms with Crippen LogP contribution in [0.2, 0.25) is 5.02 Å². The average Bonchev–Trinajstić information content (AvgIpc) is 2.32. The van der Waals surface area contributed by atoms with Crippen molar-refractivity contribution >= 4 is 17.4 Å². The van der Waals surface area contributed by atoms with Gasteiger partial charge in [-0.05, 0) is 24.3 Å².